The number of aryl methyl sites for hydroxylation is 1. The van der Waals surface area contributed by atoms with E-state index in [2.05, 4.69) is 70.5 Å². The maximum atomic E-state index is 4.60. The third-order valence-electron chi connectivity index (χ3n) is 3.78. The minimum atomic E-state index is 0.813. The predicted octanol–water partition coefficient (Wildman–Crippen LogP) is 4.50. The van der Waals surface area contributed by atoms with Crippen LogP contribution in [-0.4, -0.2) is 19.6 Å². The fraction of sp³-hybridized carbons (Fsp3) is 0.105. The van der Waals surface area contributed by atoms with Gasteiger partial charge >= 0.3 is 0 Å². The number of aromatic nitrogens is 4. The molecule has 0 unspecified atom stereocenters. The number of nitrogens with zero attached hydrogens (tertiary/aromatic N) is 4. The SMILES string of the molecule is CCc1ncn2ncc(-c3ccc(Sc4ccccc4)cc3)c2n1. The summed E-state index contributed by atoms with van der Waals surface area (Å²) < 4.78 is 1.72. The van der Waals surface area contributed by atoms with Crippen LogP contribution >= 0.6 is 11.8 Å². The Morgan fingerprint density at radius 3 is 2.46 bits per heavy atom. The Morgan fingerprint density at radius 2 is 1.71 bits per heavy atom. The number of hydrogen-bond acceptors (Lipinski definition) is 4. The van der Waals surface area contributed by atoms with Gasteiger partial charge in [-0.25, -0.2) is 14.5 Å². The van der Waals surface area contributed by atoms with E-state index in [4.69, 9.17) is 0 Å². The molecule has 4 aromatic rings. The fourth-order valence-corrected chi connectivity index (χ4v) is 3.36. The van der Waals surface area contributed by atoms with Crippen LogP contribution in [0, 0.1) is 0 Å². The average Bonchev–Trinajstić information content (AvgIpc) is 3.06. The third kappa shape index (κ3) is 2.90. The van der Waals surface area contributed by atoms with Crippen molar-refractivity contribution in [3.05, 3.63) is 72.9 Å². The molecule has 0 aliphatic carbocycles. The summed E-state index contributed by atoms with van der Waals surface area (Å²) >= 11 is 1.76. The first-order chi connectivity index (χ1) is 11.8. The Bertz CT molecular complexity index is 962. The van der Waals surface area contributed by atoms with Crippen LogP contribution in [-0.2, 0) is 6.42 Å². The van der Waals surface area contributed by atoms with Gasteiger partial charge in [0.1, 0.15) is 12.2 Å². The van der Waals surface area contributed by atoms with E-state index in [1.165, 1.54) is 9.79 Å². The van der Waals surface area contributed by atoms with Crippen LogP contribution in [0.4, 0.5) is 0 Å². The standard InChI is InChI=1S/C19H16N4S/c1-2-18-20-13-23-19(22-18)17(12-21-23)14-8-10-16(11-9-14)24-15-6-4-3-5-7-15/h3-13H,2H2,1H3. The lowest BCUT2D eigenvalue weighted by Gasteiger charge is -2.04. The van der Waals surface area contributed by atoms with Gasteiger partial charge in [0.05, 0.1) is 6.20 Å². The van der Waals surface area contributed by atoms with Crippen molar-refractivity contribution in [2.45, 2.75) is 23.1 Å². The van der Waals surface area contributed by atoms with E-state index in [0.29, 0.717) is 0 Å². The summed E-state index contributed by atoms with van der Waals surface area (Å²) in [6.07, 6.45) is 4.39. The average molecular weight is 332 g/mol. The van der Waals surface area contributed by atoms with E-state index in [1.54, 1.807) is 22.6 Å². The summed E-state index contributed by atoms with van der Waals surface area (Å²) in [5.41, 5.74) is 3.00. The second kappa shape index (κ2) is 6.45. The van der Waals surface area contributed by atoms with Crippen molar-refractivity contribution < 1.29 is 0 Å². The Labute approximate surface area is 144 Å². The molecular weight excluding hydrogens is 316 g/mol. The molecule has 2 aromatic carbocycles. The van der Waals surface area contributed by atoms with Gasteiger partial charge in [-0.3, -0.25) is 0 Å². The molecule has 0 spiro atoms. The number of rotatable bonds is 4. The van der Waals surface area contributed by atoms with Crippen LogP contribution < -0.4 is 0 Å². The number of hydrogen-bond donors (Lipinski definition) is 0. The Hall–Kier alpha value is -2.66. The first-order valence-electron chi connectivity index (χ1n) is 7.86. The molecule has 0 saturated heterocycles. The van der Waals surface area contributed by atoms with E-state index < -0.39 is 0 Å². The van der Waals surface area contributed by atoms with Gasteiger partial charge in [0.25, 0.3) is 0 Å². The highest BCUT2D eigenvalue weighted by Crippen LogP contribution is 2.30. The topological polar surface area (TPSA) is 43.1 Å². The smallest absolute Gasteiger partial charge is 0.166 e. The molecule has 0 radical (unpaired) electrons. The molecule has 0 saturated carbocycles. The lowest BCUT2D eigenvalue weighted by Crippen LogP contribution is -1.98. The van der Waals surface area contributed by atoms with Crippen LogP contribution in [0.25, 0.3) is 16.8 Å². The maximum Gasteiger partial charge on any atom is 0.166 e. The van der Waals surface area contributed by atoms with Gasteiger partial charge in [0, 0.05) is 21.8 Å². The molecular formula is C19H16N4S. The summed E-state index contributed by atoms with van der Waals surface area (Å²) in [6.45, 7) is 2.05. The summed E-state index contributed by atoms with van der Waals surface area (Å²) in [5.74, 6) is 0.834. The van der Waals surface area contributed by atoms with Crippen molar-refractivity contribution in [3.63, 3.8) is 0 Å². The summed E-state index contributed by atoms with van der Waals surface area (Å²) in [5, 5.41) is 4.35. The monoisotopic (exact) mass is 332 g/mol. The Morgan fingerprint density at radius 1 is 0.958 bits per heavy atom. The van der Waals surface area contributed by atoms with Gasteiger partial charge < -0.3 is 0 Å². The zero-order valence-corrected chi connectivity index (χ0v) is 14.1. The summed E-state index contributed by atoms with van der Waals surface area (Å²) in [7, 11) is 0. The Kier molecular flexibility index (Phi) is 4.01. The Balaban J connectivity index is 1.65. The van der Waals surface area contributed by atoms with E-state index in [-0.39, 0.29) is 0 Å². The molecule has 0 atom stereocenters. The first-order valence-corrected chi connectivity index (χ1v) is 8.68. The molecule has 0 N–H and O–H groups in total. The summed E-state index contributed by atoms with van der Waals surface area (Å²) in [6, 6.07) is 18.9. The molecule has 0 aliphatic rings. The van der Waals surface area contributed by atoms with Crippen molar-refractivity contribution in [1.82, 2.24) is 19.6 Å². The zero-order chi connectivity index (χ0) is 16.4. The van der Waals surface area contributed by atoms with Crippen LogP contribution in [0.2, 0.25) is 0 Å². The second-order valence-electron chi connectivity index (χ2n) is 5.39. The maximum absolute atomic E-state index is 4.60. The molecule has 4 rings (SSSR count). The normalized spacial score (nSPS) is 11.0. The van der Waals surface area contributed by atoms with Crippen LogP contribution in [0.15, 0.2) is 76.9 Å². The summed E-state index contributed by atoms with van der Waals surface area (Å²) in [4.78, 5) is 11.3. The zero-order valence-electron chi connectivity index (χ0n) is 13.3. The molecule has 0 bridgehead atoms. The van der Waals surface area contributed by atoms with Crippen LogP contribution in [0.5, 0.6) is 0 Å². The minimum absolute atomic E-state index is 0.813. The minimum Gasteiger partial charge on any atom is -0.221 e. The van der Waals surface area contributed by atoms with E-state index in [0.717, 1.165) is 29.0 Å². The number of benzene rings is 2. The number of fused-ring (bicyclic) bond motifs is 1. The lowest BCUT2D eigenvalue weighted by atomic mass is 10.1. The molecule has 0 amide bonds. The van der Waals surface area contributed by atoms with Gasteiger partial charge in [0.15, 0.2) is 5.65 Å². The molecule has 0 aliphatic heterocycles. The highest BCUT2D eigenvalue weighted by atomic mass is 32.2. The van der Waals surface area contributed by atoms with E-state index in [9.17, 15) is 0 Å². The van der Waals surface area contributed by atoms with Crippen molar-refractivity contribution >= 4 is 17.4 Å². The fourth-order valence-electron chi connectivity index (χ4n) is 2.53. The van der Waals surface area contributed by atoms with Gasteiger partial charge in [-0.05, 0) is 29.8 Å². The van der Waals surface area contributed by atoms with Crippen LogP contribution in [0.3, 0.4) is 0 Å². The highest BCUT2D eigenvalue weighted by Gasteiger charge is 2.09. The molecule has 24 heavy (non-hydrogen) atoms. The van der Waals surface area contributed by atoms with Gasteiger partial charge in [-0.15, -0.1) is 0 Å². The quantitative estimate of drug-likeness (QED) is 0.552. The second-order valence-corrected chi connectivity index (χ2v) is 6.54. The molecule has 4 nitrogen and oxygen atoms in total. The largest absolute Gasteiger partial charge is 0.221 e. The van der Waals surface area contributed by atoms with Gasteiger partial charge in [0.2, 0.25) is 0 Å². The van der Waals surface area contributed by atoms with Gasteiger partial charge in [-0.1, -0.05) is 49.0 Å². The molecule has 2 heterocycles. The molecule has 2 aromatic heterocycles. The highest BCUT2D eigenvalue weighted by molar-refractivity contribution is 7.99. The first kappa shape index (κ1) is 14.9. The van der Waals surface area contributed by atoms with Crippen LogP contribution in [0.1, 0.15) is 12.7 Å². The van der Waals surface area contributed by atoms with E-state index in [1.807, 2.05) is 12.3 Å². The molecule has 118 valence electrons. The molecule has 0 fully saturated rings. The van der Waals surface area contributed by atoms with Crippen molar-refractivity contribution in [1.29, 1.82) is 0 Å². The van der Waals surface area contributed by atoms with Crippen molar-refractivity contribution in [2.75, 3.05) is 0 Å². The van der Waals surface area contributed by atoms with Crippen molar-refractivity contribution in [3.8, 4) is 11.1 Å². The predicted molar refractivity (Wildman–Crippen MR) is 96.2 cm³/mol. The van der Waals surface area contributed by atoms with E-state index >= 15 is 0 Å². The van der Waals surface area contributed by atoms with Crippen molar-refractivity contribution in [2.24, 2.45) is 0 Å². The third-order valence-corrected chi connectivity index (χ3v) is 4.80. The molecule has 5 heteroatoms. The van der Waals surface area contributed by atoms with Gasteiger partial charge in [-0.2, -0.15) is 5.10 Å². The lowest BCUT2D eigenvalue weighted by molar-refractivity contribution is 0.840.